The van der Waals surface area contributed by atoms with Crippen molar-refractivity contribution in [2.45, 2.75) is 20.4 Å². The second kappa shape index (κ2) is 4.91. The molecule has 0 unspecified atom stereocenters. The van der Waals surface area contributed by atoms with Crippen LogP contribution in [0.4, 0.5) is 11.4 Å². The maximum atomic E-state index is 5.76. The molecule has 0 aliphatic heterocycles. The Morgan fingerprint density at radius 1 is 1.00 bits per heavy atom. The first-order valence-electron chi connectivity index (χ1n) is 5.81. The summed E-state index contributed by atoms with van der Waals surface area (Å²) in [7, 11) is 0. The summed E-state index contributed by atoms with van der Waals surface area (Å²) in [6, 6.07) is 14.3. The second-order valence-corrected chi connectivity index (χ2v) is 4.37. The first-order chi connectivity index (χ1) is 8.16. The summed E-state index contributed by atoms with van der Waals surface area (Å²) < 4.78 is 0. The Kier molecular flexibility index (Phi) is 3.33. The van der Waals surface area contributed by atoms with Crippen LogP contribution in [0.15, 0.2) is 42.5 Å². The summed E-state index contributed by atoms with van der Waals surface area (Å²) in [5.41, 5.74) is 11.5. The molecule has 0 saturated heterocycles. The fraction of sp³-hybridized carbons (Fsp3) is 0.200. The molecule has 2 nitrogen and oxygen atoms in total. The van der Waals surface area contributed by atoms with Crippen molar-refractivity contribution < 1.29 is 0 Å². The maximum absolute atomic E-state index is 5.76. The molecule has 0 atom stereocenters. The van der Waals surface area contributed by atoms with Crippen molar-refractivity contribution in [3.63, 3.8) is 0 Å². The molecule has 0 radical (unpaired) electrons. The minimum atomic E-state index is 0.802. The molecule has 2 aromatic carbocycles. The Labute approximate surface area is 102 Å². The molecule has 2 rings (SSSR count). The van der Waals surface area contributed by atoms with Crippen LogP contribution in [0.3, 0.4) is 0 Å². The zero-order chi connectivity index (χ0) is 12.3. The first-order valence-corrected chi connectivity index (χ1v) is 5.81. The molecule has 0 fully saturated rings. The summed E-state index contributed by atoms with van der Waals surface area (Å²) in [6.07, 6.45) is 0. The maximum Gasteiger partial charge on any atom is 0.0402 e. The van der Waals surface area contributed by atoms with Crippen LogP contribution in [0.5, 0.6) is 0 Å². The van der Waals surface area contributed by atoms with Gasteiger partial charge in [0.15, 0.2) is 0 Å². The van der Waals surface area contributed by atoms with Gasteiger partial charge in [0.25, 0.3) is 0 Å². The van der Waals surface area contributed by atoms with Gasteiger partial charge in [-0.25, -0.2) is 0 Å². The quantitative estimate of drug-likeness (QED) is 0.786. The molecule has 2 heteroatoms. The molecule has 0 amide bonds. The van der Waals surface area contributed by atoms with Crippen molar-refractivity contribution in [3.05, 3.63) is 59.2 Å². The van der Waals surface area contributed by atoms with E-state index in [9.17, 15) is 0 Å². The second-order valence-electron chi connectivity index (χ2n) is 4.37. The average molecular weight is 226 g/mol. The number of nitrogen functional groups attached to an aromatic ring is 1. The van der Waals surface area contributed by atoms with Crippen molar-refractivity contribution in [2.24, 2.45) is 0 Å². The van der Waals surface area contributed by atoms with Crippen LogP contribution in [0.2, 0.25) is 0 Å². The third-order valence-corrected chi connectivity index (χ3v) is 2.90. The SMILES string of the molecule is Cc1cccc(C)c1NCc1cccc(N)c1. The van der Waals surface area contributed by atoms with Gasteiger partial charge in [-0.15, -0.1) is 0 Å². The zero-order valence-corrected chi connectivity index (χ0v) is 10.3. The lowest BCUT2D eigenvalue weighted by Crippen LogP contribution is -2.03. The first kappa shape index (κ1) is 11.5. The van der Waals surface area contributed by atoms with Crippen LogP contribution in [0, 0.1) is 13.8 Å². The lowest BCUT2D eigenvalue weighted by atomic mass is 10.1. The van der Waals surface area contributed by atoms with E-state index in [4.69, 9.17) is 5.73 Å². The standard InChI is InChI=1S/C15H18N2/c1-11-5-3-6-12(2)15(11)17-10-13-7-4-8-14(16)9-13/h3-9,17H,10,16H2,1-2H3. The van der Waals surface area contributed by atoms with E-state index in [0.717, 1.165) is 12.2 Å². The number of para-hydroxylation sites is 1. The van der Waals surface area contributed by atoms with Crippen LogP contribution >= 0.6 is 0 Å². The number of hydrogen-bond donors (Lipinski definition) is 2. The third kappa shape index (κ3) is 2.78. The molecule has 0 bridgehead atoms. The number of nitrogens with one attached hydrogen (secondary N) is 1. The largest absolute Gasteiger partial charge is 0.399 e. The van der Waals surface area contributed by atoms with Gasteiger partial charge in [0, 0.05) is 17.9 Å². The van der Waals surface area contributed by atoms with Crippen molar-refractivity contribution in [1.82, 2.24) is 0 Å². The van der Waals surface area contributed by atoms with Gasteiger partial charge in [-0.1, -0.05) is 30.3 Å². The molecule has 0 heterocycles. The lowest BCUT2D eigenvalue weighted by Gasteiger charge is -2.12. The fourth-order valence-electron chi connectivity index (χ4n) is 1.99. The van der Waals surface area contributed by atoms with Crippen molar-refractivity contribution >= 4 is 11.4 Å². The molecule has 0 aromatic heterocycles. The Bertz CT molecular complexity index is 498. The summed E-state index contributed by atoms with van der Waals surface area (Å²) in [5.74, 6) is 0. The number of benzene rings is 2. The Morgan fingerprint density at radius 3 is 2.29 bits per heavy atom. The number of nitrogens with two attached hydrogens (primary N) is 1. The fourth-order valence-corrected chi connectivity index (χ4v) is 1.99. The van der Waals surface area contributed by atoms with Gasteiger partial charge in [0.05, 0.1) is 0 Å². The summed E-state index contributed by atoms with van der Waals surface area (Å²) in [6.45, 7) is 5.04. The van der Waals surface area contributed by atoms with E-state index in [-0.39, 0.29) is 0 Å². The lowest BCUT2D eigenvalue weighted by molar-refractivity contribution is 1.13. The minimum absolute atomic E-state index is 0.802. The molecular formula is C15H18N2. The van der Waals surface area contributed by atoms with E-state index in [1.807, 2.05) is 18.2 Å². The van der Waals surface area contributed by atoms with Gasteiger partial charge < -0.3 is 11.1 Å². The third-order valence-electron chi connectivity index (χ3n) is 2.90. The van der Waals surface area contributed by atoms with Gasteiger partial charge in [-0.3, -0.25) is 0 Å². The number of hydrogen-bond acceptors (Lipinski definition) is 2. The molecule has 17 heavy (non-hydrogen) atoms. The molecule has 2 aromatic rings. The highest BCUT2D eigenvalue weighted by Crippen LogP contribution is 2.20. The van der Waals surface area contributed by atoms with Crippen molar-refractivity contribution in [2.75, 3.05) is 11.1 Å². The predicted molar refractivity (Wildman–Crippen MR) is 74.1 cm³/mol. The van der Waals surface area contributed by atoms with Crippen LogP contribution in [0.25, 0.3) is 0 Å². The Hall–Kier alpha value is -1.96. The highest BCUT2D eigenvalue weighted by Gasteiger charge is 2.01. The van der Waals surface area contributed by atoms with Gasteiger partial charge in [0.2, 0.25) is 0 Å². The number of rotatable bonds is 3. The van der Waals surface area contributed by atoms with E-state index < -0.39 is 0 Å². The molecule has 0 spiro atoms. The van der Waals surface area contributed by atoms with Gasteiger partial charge in [-0.2, -0.15) is 0 Å². The highest BCUT2D eigenvalue weighted by atomic mass is 14.9. The average Bonchev–Trinajstić information content (AvgIpc) is 2.28. The monoisotopic (exact) mass is 226 g/mol. The van der Waals surface area contributed by atoms with E-state index >= 15 is 0 Å². The normalized spacial score (nSPS) is 10.2. The van der Waals surface area contributed by atoms with Crippen LogP contribution in [0.1, 0.15) is 16.7 Å². The molecule has 3 N–H and O–H groups in total. The number of aryl methyl sites for hydroxylation is 2. The Balaban J connectivity index is 2.13. The molecule has 88 valence electrons. The topological polar surface area (TPSA) is 38.0 Å². The molecular weight excluding hydrogens is 208 g/mol. The van der Waals surface area contributed by atoms with Gasteiger partial charge >= 0.3 is 0 Å². The molecule has 0 saturated carbocycles. The van der Waals surface area contributed by atoms with E-state index in [1.165, 1.54) is 22.4 Å². The predicted octanol–water partition coefficient (Wildman–Crippen LogP) is 3.50. The summed E-state index contributed by atoms with van der Waals surface area (Å²) in [4.78, 5) is 0. The van der Waals surface area contributed by atoms with E-state index in [1.54, 1.807) is 0 Å². The smallest absolute Gasteiger partial charge is 0.0402 e. The summed E-state index contributed by atoms with van der Waals surface area (Å²) >= 11 is 0. The number of anilines is 2. The highest BCUT2D eigenvalue weighted by molar-refractivity contribution is 5.57. The molecule has 0 aliphatic carbocycles. The Morgan fingerprint density at radius 2 is 1.65 bits per heavy atom. The van der Waals surface area contributed by atoms with Gasteiger partial charge in [0.1, 0.15) is 0 Å². The van der Waals surface area contributed by atoms with Gasteiger partial charge in [-0.05, 0) is 42.7 Å². The van der Waals surface area contributed by atoms with Crippen LogP contribution in [-0.4, -0.2) is 0 Å². The van der Waals surface area contributed by atoms with Crippen LogP contribution < -0.4 is 11.1 Å². The van der Waals surface area contributed by atoms with Crippen molar-refractivity contribution in [3.8, 4) is 0 Å². The van der Waals surface area contributed by atoms with E-state index in [2.05, 4.69) is 43.4 Å². The van der Waals surface area contributed by atoms with Crippen molar-refractivity contribution in [1.29, 1.82) is 0 Å². The summed E-state index contributed by atoms with van der Waals surface area (Å²) in [5, 5.41) is 3.47. The molecule has 0 aliphatic rings. The zero-order valence-electron chi connectivity index (χ0n) is 10.3. The minimum Gasteiger partial charge on any atom is -0.399 e. The van der Waals surface area contributed by atoms with Crippen LogP contribution in [-0.2, 0) is 6.54 Å². The van der Waals surface area contributed by atoms with E-state index in [0.29, 0.717) is 0 Å².